The van der Waals surface area contributed by atoms with Crippen molar-refractivity contribution in [1.82, 2.24) is 9.62 Å². The number of rotatable bonds is 4. The molecule has 0 spiro atoms. The lowest BCUT2D eigenvalue weighted by molar-refractivity contribution is 0.451. The summed E-state index contributed by atoms with van der Waals surface area (Å²) < 4.78 is 28.5. The van der Waals surface area contributed by atoms with Crippen LogP contribution in [0, 0.1) is 12.8 Å². The van der Waals surface area contributed by atoms with Crippen molar-refractivity contribution >= 4 is 41.9 Å². The molecule has 1 aromatic carbocycles. The summed E-state index contributed by atoms with van der Waals surface area (Å²) in [6, 6.07) is 3.51. The van der Waals surface area contributed by atoms with Gasteiger partial charge in [0.25, 0.3) is 0 Å². The van der Waals surface area contributed by atoms with E-state index in [0.717, 1.165) is 23.0 Å². The van der Waals surface area contributed by atoms with Gasteiger partial charge in [0.2, 0.25) is 10.0 Å². The number of hydrogen-bond acceptors (Lipinski definition) is 3. The highest BCUT2D eigenvalue weighted by atomic mass is 79.9. The van der Waals surface area contributed by atoms with Crippen molar-refractivity contribution in [3.05, 3.63) is 26.6 Å². The highest BCUT2D eigenvalue weighted by Crippen LogP contribution is 2.32. The molecule has 0 radical (unpaired) electrons. The molecule has 1 aromatic rings. The third-order valence-electron chi connectivity index (χ3n) is 3.57. The molecule has 1 atom stereocenters. The molecule has 1 unspecified atom stereocenters. The van der Waals surface area contributed by atoms with Crippen LogP contribution in [0.25, 0.3) is 0 Å². The highest BCUT2D eigenvalue weighted by Gasteiger charge is 2.33. The molecule has 0 aromatic heterocycles. The first-order valence-electron chi connectivity index (χ1n) is 6.46. The fourth-order valence-corrected chi connectivity index (χ4v) is 5.61. The molecule has 1 aliphatic rings. The quantitative estimate of drug-likeness (QED) is 0.806. The number of benzene rings is 1. The highest BCUT2D eigenvalue weighted by molar-refractivity contribution is 9.11. The second-order valence-electron chi connectivity index (χ2n) is 5.11. The van der Waals surface area contributed by atoms with Crippen LogP contribution in [0.3, 0.4) is 0 Å². The molecule has 0 bridgehead atoms. The van der Waals surface area contributed by atoms with Crippen molar-refractivity contribution in [2.75, 3.05) is 26.7 Å². The van der Waals surface area contributed by atoms with Gasteiger partial charge in [-0.1, -0.05) is 15.9 Å². The molecule has 0 saturated carbocycles. The fourth-order valence-electron chi connectivity index (χ4n) is 2.44. The van der Waals surface area contributed by atoms with Crippen LogP contribution >= 0.6 is 31.9 Å². The van der Waals surface area contributed by atoms with Crippen molar-refractivity contribution < 1.29 is 8.42 Å². The van der Waals surface area contributed by atoms with Gasteiger partial charge in [0.1, 0.15) is 0 Å². The molecule has 7 heteroatoms. The van der Waals surface area contributed by atoms with Crippen molar-refractivity contribution in [3.8, 4) is 0 Å². The van der Waals surface area contributed by atoms with E-state index in [9.17, 15) is 8.42 Å². The number of nitrogens with one attached hydrogen (secondary N) is 1. The monoisotopic (exact) mass is 424 g/mol. The summed E-state index contributed by atoms with van der Waals surface area (Å²) in [5.74, 6) is 0.391. The van der Waals surface area contributed by atoms with E-state index >= 15 is 0 Å². The number of hydrogen-bond donors (Lipinski definition) is 1. The SMILES string of the molecule is CNCC1CCN(S(=O)(=O)c2cc(Br)c(C)cc2Br)C1. The van der Waals surface area contributed by atoms with Crippen LogP contribution in [0.4, 0.5) is 0 Å². The normalized spacial score (nSPS) is 20.5. The molecule has 2 rings (SSSR count). The van der Waals surface area contributed by atoms with Gasteiger partial charge < -0.3 is 5.32 Å². The second kappa shape index (κ2) is 6.44. The second-order valence-corrected chi connectivity index (χ2v) is 8.72. The summed E-state index contributed by atoms with van der Waals surface area (Å²) in [7, 11) is -1.54. The average Bonchev–Trinajstić information content (AvgIpc) is 2.83. The smallest absolute Gasteiger partial charge is 0.244 e. The number of aryl methyl sites for hydroxylation is 1. The summed E-state index contributed by atoms with van der Waals surface area (Å²) in [4.78, 5) is 0.333. The maximum absolute atomic E-state index is 12.7. The predicted molar refractivity (Wildman–Crippen MR) is 87.4 cm³/mol. The van der Waals surface area contributed by atoms with Crippen LogP contribution in [-0.2, 0) is 10.0 Å². The molecule has 20 heavy (non-hydrogen) atoms. The Kier molecular flexibility index (Phi) is 5.29. The van der Waals surface area contributed by atoms with Gasteiger partial charge in [0.15, 0.2) is 0 Å². The average molecular weight is 426 g/mol. The Labute approximate surface area is 137 Å². The molecule has 112 valence electrons. The van der Waals surface area contributed by atoms with E-state index in [-0.39, 0.29) is 0 Å². The Morgan fingerprint density at radius 1 is 1.35 bits per heavy atom. The lowest BCUT2D eigenvalue weighted by Crippen LogP contribution is -2.30. The summed E-state index contributed by atoms with van der Waals surface area (Å²) >= 11 is 6.78. The Hall–Kier alpha value is 0.0500. The van der Waals surface area contributed by atoms with Crippen LogP contribution < -0.4 is 5.32 Å². The van der Waals surface area contributed by atoms with Crippen LogP contribution in [0.15, 0.2) is 26.0 Å². The Morgan fingerprint density at radius 2 is 2.05 bits per heavy atom. The molecule has 1 heterocycles. The maximum Gasteiger partial charge on any atom is 0.244 e. The van der Waals surface area contributed by atoms with Gasteiger partial charge in [0.05, 0.1) is 4.90 Å². The van der Waals surface area contributed by atoms with Crippen molar-refractivity contribution in [2.45, 2.75) is 18.2 Å². The van der Waals surface area contributed by atoms with Gasteiger partial charge in [-0.15, -0.1) is 0 Å². The van der Waals surface area contributed by atoms with Gasteiger partial charge in [-0.2, -0.15) is 4.31 Å². The van der Waals surface area contributed by atoms with Gasteiger partial charge in [-0.25, -0.2) is 8.42 Å². The van der Waals surface area contributed by atoms with E-state index in [1.54, 1.807) is 10.4 Å². The largest absolute Gasteiger partial charge is 0.319 e. The minimum atomic E-state index is -3.43. The first-order valence-corrected chi connectivity index (χ1v) is 9.49. The van der Waals surface area contributed by atoms with Gasteiger partial charge in [-0.3, -0.25) is 0 Å². The van der Waals surface area contributed by atoms with Gasteiger partial charge >= 0.3 is 0 Å². The lowest BCUT2D eigenvalue weighted by Gasteiger charge is -2.18. The Bertz CT molecular complexity index is 605. The van der Waals surface area contributed by atoms with E-state index in [2.05, 4.69) is 37.2 Å². The predicted octanol–water partition coefficient (Wildman–Crippen LogP) is 2.75. The fraction of sp³-hybridized carbons (Fsp3) is 0.538. The summed E-state index contributed by atoms with van der Waals surface area (Å²) in [5, 5.41) is 3.11. The van der Waals surface area contributed by atoms with E-state index in [1.807, 2.05) is 20.0 Å². The third kappa shape index (κ3) is 3.27. The van der Waals surface area contributed by atoms with E-state index < -0.39 is 10.0 Å². The number of nitrogens with zero attached hydrogens (tertiary/aromatic N) is 1. The van der Waals surface area contributed by atoms with E-state index in [1.165, 1.54) is 0 Å². The van der Waals surface area contributed by atoms with Crippen molar-refractivity contribution in [2.24, 2.45) is 5.92 Å². The lowest BCUT2D eigenvalue weighted by atomic mass is 10.1. The van der Waals surface area contributed by atoms with Crippen molar-refractivity contribution in [3.63, 3.8) is 0 Å². The molecule has 1 fully saturated rings. The van der Waals surface area contributed by atoms with Crippen LogP contribution in [0.1, 0.15) is 12.0 Å². The minimum Gasteiger partial charge on any atom is -0.319 e. The standard InChI is InChI=1S/C13H18Br2N2O2S/c1-9-5-12(15)13(6-11(9)14)20(18,19)17-4-3-10(8-17)7-16-2/h5-6,10,16H,3-4,7-8H2,1-2H3. The Morgan fingerprint density at radius 3 is 2.70 bits per heavy atom. The zero-order valence-electron chi connectivity index (χ0n) is 11.5. The summed E-state index contributed by atoms with van der Waals surface area (Å²) in [6.45, 7) is 3.96. The first-order chi connectivity index (χ1) is 9.36. The van der Waals surface area contributed by atoms with Gasteiger partial charge in [-0.05, 0) is 66.5 Å². The van der Waals surface area contributed by atoms with Gasteiger partial charge in [0, 0.05) is 22.0 Å². The summed E-state index contributed by atoms with van der Waals surface area (Å²) in [6.07, 6.45) is 0.907. The van der Waals surface area contributed by atoms with Crippen LogP contribution in [-0.4, -0.2) is 39.4 Å². The Balaban J connectivity index is 2.30. The molecule has 0 amide bonds. The zero-order valence-corrected chi connectivity index (χ0v) is 15.5. The van der Waals surface area contributed by atoms with E-state index in [4.69, 9.17) is 0 Å². The number of sulfonamides is 1. The molecular formula is C13H18Br2N2O2S. The molecule has 0 aliphatic carbocycles. The van der Waals surface area contributed by atoms with E-state index in [0.29, 0.717) is 28.4 Å². The molecular weight excluding hydrogens is 408 g/mol. The molecule has 1 aliphatic heterocycles. The third-order valence-corrected chi connectivity index (χ3v) is 7.25. The first kappa shape index (κ1) is 16.4. The zero-order chi connectivity index (χ0) is 14.9. The summed E-state index contributed by atoms with van der Waals surface area (Å²) in [5.41, 5.74) is 1.00. The minimum absolute atomic E-state index is 0.333. The molecule has 1 N–H and O–H groups in total. The van der Waals surface area contributed by atoms with Crippen molar-refractivity contribution in [1.29, 1.82) is 0 Å². The molecule has 1 saturated heterocycles. The maximum atomic E-state index is 12.7. The topological polar surface area (TPSA) is 49.4 Å². The van der Waals surface area contributed by atoms with Crippen LogP contribution in [0.5, 0.6) is 0 Å². The number of halogens is 2. The molecule has 4 nitrogen and oxygen atoms in total. The van der Waals surface area contributed by atoms with Crippen LogP contribution in [0.2, 0.25) is 0 Å².